The lowest BCUT2D eigenvalue weighted by Crippen LogP contribution is -2.34. The molecule has 0 unspecified atom stereocenters. The van der Waals surface area contributed by atoms with Gasteiger partial charge in [0.2, 0.25) is 0 Å². The summed E-state index contributed by atoms with van der Waals surface area (Å²) in [6.45, 7) is 4.53. The molecule has 112 valence electrons. The number of ether oxygens (including phenoxy) is 2. The molecule has 0 bridgehead atoms. The fourth-order valence-corrected chi connectivity index (χ4v) is 2.27. The third-order valence-electron chi connectivity index (χ3n) is 3.15. The number of nitrogens with two attached hydrogens (primary N) is 1. The normalized spacial score (nSPS) is 11.2. The maximum absolute atomic E-state index is 6.11. The minimum absolute atomic E-state index is 0.286. The maximum Gasteiger partial charge on any atom is 0.163 e. The van der Waals surface area contributed by atoms with Crippen LogP contribution >= 0.6 is 0 Å². The van der Waals surface area contributed by atoms with E-state index in [9.17, 15) is 0 Å². The lowest BCUT2D eigenvalue weighted by Gasteiger charge is -2.21. The van der Waals surface area contributed by atoms with E-state index in [1.165, 1.54) is 0 Å². The van der Waals surface area contributed by atoms with Crippen molar-refractivity contribution < 1.29 is 9.47 Å². The summed E-state index contributed by atoms with van der Waals surface area (Å²) in [6, 6.07) is 16.0. The lowest BCUT2D eigenvalue weighted by atomic mass is 9.95. The first kappa shape index (κ1) is 15.4. The SMILES string of the molecule is COc1c(CC(C)(C)N)cccc1OCc1ccccc1. The summed E-state index contributed by atoms with van der Waals surface area (Å²) in [5.74, 6) is 1.52. The van der Waals surface area contributed by atoms with Crippen LogP contribution in [0.4, 0.5) is 0 Å². The van der Waals surface area contributed by atoms with Crippen molar-refractivity contribution in [2.45, 2.75) is 32.4 Å². The molecular formula is C18H23NO2. The van der Waals surface area contributed by atoms with Crippen molar-refractivity contribution in [1.82, 2.24) is 0 Å². The van der Waals surface area contributed by atoms with Crippen molar-refractivity contribution in [2.75, 3.05) is 7.11 Å². The van der Waals surface area contributed by atoms with Crippen LogP contribution in [0.15, 0.2) is 48.5 Å². The van der Waals surface area contributed by atoms with Crippen LogP contribution in [-0.4, -0.2) is 12.6 Å². The van der Waals surface area contributed by atoms with E-state index in [-0.39, 0.29) is 5.54 Å². The Morgan fingerprint density at radius 3 is 2.33 bits per heavy atom. The van der Waals surface area contributed by atoms with E-state index in [4.69, 9.17) is 15.2 Å². The predicted molar refractivity (Wildman–Crippen MR) is 85.7 cm³/mol. The Kier molecular flexibility index (Phi) is 4.86. The highest BCUT2D eigenvalue weighted by molar-refractivity contribution is 5.47. The monoisotopic (exact) mass is 285 g/mol. The predicted octanol–water partition coefficient (Wildman–Crippen LogP) is 3.55. The van der Waals surface area contributed by atoms with Gasteiger partial charge in [0, 0.05) is 5.54 Å². The van der Waals surface area contributed by atoms with Gasteiger partial charge in [0.1, 0.15) is 6.61 Å². The molecule has 0 fully saturated rings. The van der Waals surface area contributed by atoms with E-state index in [2.05, 4.69) is 0 Å². The average molecular weight is 285 g/mol. The molecule has 0 saturated carbocycles. The lowest BCUT2D eigenvalue weighted by molar-refractivity contribution is 0.282. The largest absolute Gasteiger partial charge is 0.493 e. The van der Waals surface area contributed by atoms with Crippen LogP contribution in [0.2, 0.25) is 0 Å². The molecule has 21 heavy (non-hydrogen) atoms. The van der Waals surface area contributed by atoms with Gasteiger partial charge in [0.05, 0.1) is 7.11 Å². The molecule has 0 atom stereocenters. The van der Waals surface area contributed by atoms with E-state index in [1.807, 2.05) is 62.4 Å². The molecular weight excluding hydrogens is 262 g/mol. The molecule has 2 aromatic carbocycles. The van der Waals surface area contributed by atoms with Crippen LogP contribution in [0.1, 0.15) is 25.0 Å². The van der Waals surface area contributed by atoms with Gasteiger partial charge in [0.25, 0.3) is 0 Å². The van der Waals surface area contributed by atoms with Crippen LogP contribution in [-0.2, 0) is 13.0 Å². The molecule has 0 amide bonds. The topological polar surface area (TPSA) is 44.5 Å². The molecule has 3 nitrogen and oxygen atoms in total. The van der Waals surface area contributed by atoms with E-state index < -0.39 is 0 Å². The Morgan fingerprint density at radius 1 is 1.00 bits per heavy atom. The maximum atomic E-state index is 6.11. The van der Waals surface area contributed by atoms with Crippen LogP contribution in [0.25, 0.3) is 0 Å². The summed E-state index contributed by atoms with van der Waals surface area (Å²) < 4.78 is 11.4. The van der Waals surface area contributed by atoms with E-state index in [0.717, 1.165) is 29.0 Å². The zero-order valence-corrected chi connectivity index (χ0v) is 12.9. The third kappa shape index (κ3) is 4.50. The zero-order valence-electron chi connectivity index (χ0n) is 12.9. The smallest absolute Gasteiger partial charge is 0.163 e. The van der Waals surface area contributed by atoms with Crippen LogP contribution in [0, 0.1) is 0 Å². The number of methoxy groups -OCH3 is 1. The number of hydrogen-bond donors (Lipinski definition) is 1. The quantitative estimate of drug-likeness (QED) is 0.882. The Hall–Kier alpha value is -2.00. The van der Waals surface area contributed by atoms with Crippen molar-refractivity contribution in [3.8, 4) is 11.5 Å². The van der Waals surface area contributed by atoms with Gasteiger partial charge in [-0.05, 0) is 37.5 Å². The van der Waals surface area contributed by atoms with Gasteiger partial charge in [-0.1, -0.05) is 42.5 Å². The van der Waals surface area contributed by atoms with Gasteiger partial charge >= 0.3 is 0 Å². The summed E-state index contributed by atoms with van der Waals surface area (Å²) in [4.78, 5) is 0. The summed E-state index contributed by atoms with van der Waals surface area (Å²) in [5, 5.41) is 0. The number of para-hydroxylation sites is 1. The summed E-state index contributed by atoms with van der Waals surface area (Å²) in [7, 11) is 1.66. The van der Waals surface area contributed by atoms with Gasteiger partial charge in [0.15, 0.2) is 11.5 Å². The fourth-order valence-electron chi connectivity index (χ4n) is 2.27. The highest BCUT2D eigenvalue weighted by Crippen LogP contribution is 2.33. The first-order chi connectivity index (χ1) is 9.99. The summed E-state index contributed by atoms with van der Waals surface area (Å²) >= 11 is 0. The van der Waals surface area contributed by atoms with Crippen molar-refractivity contribution in [3.63, 3.8) is 0 Å². The molecule has 0 aliphatic heterocycles. The minimum Gasteiger partial charge on any atom is -0.493 e. The van der Waals surface area contributed by atoms with Crippen LogP contribution in [0.3, 0.4) is 0 Å². The van der Waals surface area contributed by atoms with E-state index in [0.29, 0.717) is 6.61 Å². The number of benzene rings is 2. The Bertz CT molecular complexity index is 574. The zero-order chi connectivity index (χ0) is 15.3. The molecule has 3 heteroatoms. The molecule has 0 spiro atoms. The van der Waals surface area contributed by atoms with Gasteiger partial charge in [-0.2, -0.15) is 0 Å². The Morgan fingerprint density at radius 2 is 1.71 bits per heavy atom. The summed E-state index contributed by atoms with van der Waals surface area (Å²) in [6.07, 6.45) is 0.735. The highest BCUT2D eigenvalue weighted by atomic mass is 16.5. The van der Waals surface area contributed by atoms with Gasteiger partial charge in [-0.3, -0.25) is 0 Å². The molecule has 0 saturated heterocycles. The van der Waals surface area contributed by atoms with Crippen LogP contribution < -0.4 is 15.2 Å². The molecule has 0 heterocycles. The fraction of sp³-hybridized carbons (Fsp3) is 0.333. The Balaban J connectivity index is 2.17. The van der Waals surface area contributed by atoms with E-state index >= 15 is 0 Å². The average Bonchev–Trinajstić information content (AvgIpc) is 2.44. The molecule has 2 N–H and O–H groups in total. The van der Waals surface area contributed by atoms with Crippen molar-refractivity contribution in [3.05, 3.63) is 59.7 Å². The van der Waals surface area contributed by atoms with Gasteiger partial charge in [-0.15, -0.1) is 0 Å². The third-order valence-corrected chi connectivity index (χ3v) is 3.15. The molecule has 0 radical (unpaired) electrons. The number of hydrogen-bond acceptors (Lipinski definition) is 3. The van der Waals surface area contributed by atoms with Crippen LogP contribution in [0.5, 0.6) is 11.5 Å². The first-order valence-corrected chi connectivity index (χ1v) is 7.11. The number of rotatable bonds is 6. The second-order valence-electron chi connectivity index (χ2n) is 5.89. The molecule has 0 aliphatic carbocycles. The molecule has 2 aromatic rings. The van der Waals surface area contributed by atoms with Gasteiger partial charge < -0.3 is 15.2 Å². The Labute approximate surface area is 126 Å². The van der Waals surface area contributed by atoms with Crippen molar-refractivity contribution >= 4 is 0 Å². The minimum atomic E-state index is -0.286. The highest BCUT2D eigenvalue weighted by Gasteiger charge is 2.17. The second-order valence-corrected chi connectivity index (χ2v) is 5.89. The van der Waals surface area contributed by atoms with Crippen molar-refractivity contribution in [1.29, 1.82) is 0 Å². The molecule has 0 aliphatic rings. The standard InChI is InChI=1S/C18H23NO2/c1-18(2,19)12-15-10-7-11-16(17(15)20-3)21-13-14-8-5-4-6-9-14/h4-11H,12-13,19H2,1-3H3. The summed E-state index contributed by atoms with van der Waals surface area (Å²) in [5.41, 5.74) is 8.02. The van der Waals surface area contributed by atoms with E-state index in [1.54, 1.807) is 7.11 Å². The first-order valence-electron chi connectivity index (χ1n) is 7.11. The van der Waals surface area contributed by atoms with Gasteiger partial charge in [-0.25, -0.2) is 0 Å². The molecule has 2 rings (SSSR count). The second kappa shape index (κ2) is 6.64. The molecule has 0 aromatic heterocycles. The van der Waals surface area contributed by atoms with Crippen molar-refractivity contribution in [2.24, 2.45) is 5.73 Å².